The fraction of sp³-hybridized carbons (Fsp3) is 0.400. The highest BCUT2D eigenvalue weighted by molar-refractivity contribution is 5.41. The first-order chi connectivity index (χ1) is 6.24. The molecule has 1 aromatic rings. The molecule has 72 valence electrons. The minimum atomic E-state index is -0.377. The third kappa shape index (κ3) is 3.03. The van der Waals surface area contributed by atoms with Crippen LogP contribution in [0.1, 0.15) is 18.9 Å². The van der Waals surface area contributed by atoms with Crippen molar-refractivity contribution in [3.8, 4) is 0 Å². The minimum Gasteiger partial charge on any atom is -0.396 e. The largest absolute Gasteiger partial charge is 0.396 e. The molecule has 0 fully saturated rings. The van der Waals surface area contributed by atoms with E-state index >= 15 is 0 Å². The normalized spacial score (nSPS) is 10.3. The summed E-state index contributed by atoms with van der Waals surface area (Å²) in [5.41, 5.74) is 6.33. The molecule has 13 heavy (non-hydrogen) atoms. The number of nitrogens with two attached hydrogens (primary N) is 1. The molecule has 2 N–H and O–H groups in total. The van der Waals surface area contributed by atoms with Crippen molar-refractivity contribution in [2.45, 2.75) is 20.0 Å². The summed E-state index contributed by atoms with van der Waals surface area (Å²) >= 11 is 0. The average Bonchev–Trinajstić information content (AvgIpc) is 2.12. The van der Waals surface area contributed by atoms with Crippen LogP contribution in [0.5, 0.6) is 0 Å². The zero-order chi connectivity index (χ0) is 9.68. The van der Waals surface area contributed by atoms with Crippen LogP contribution in [-0.2, 0) is 11.3 Å². The summed E-state index contributed by atoms with van der Waals surface area (Å²) in [7, 11) is 0. The second-order valence-electron chi connectivity index (χ2n) is 2.91. The summed E-state index contributed by atoms with van der Waals surface area (Å²) < 4.78 is 18.2. The molecule has 3 heteroatoms. The van der Waals surface area contributed by atoms with E-state index in [1.165, 1.54) is 6.07 Å². The van der Waals surface area contributed by atoms with Crippen LogP contribution < -0.4 is 5.73 Å². The SMILES string of the molecule is CCCOCc1ccc(N)c(F)c1. The summed E-state index contributed by atoms with van der Waals surface area (Å²) in [5, 5.41) is 0. The number of anilines is 1. The van der Waals surface area contributed by atoms with Crippen LogP contribution in [0.2, 0.25) is 0 Å². The number of hydrogen-bond donors (Lipinski definition) is 1. The quantitative estimate of drug-likeness (QED) is 0.574. The Morgan fingerprint density at radius 2 is 2.23 bits per heavy atom. The van der Waals surface area contributed by atoms with Gasteiger partial charge in [0.1, 0.15) is 5.82 Å². The van der Waals surface area contributed by atoms with E-state index in [-0.39, 0.29) is 11.5 Å². The molecule has 0 amide bonds. The topological polar surface area (TPSA) is 35.2 Å². The molecule has 0 atom stereocenters. The molecule has 0 aromatic heterocycles. The summed E-state index contributed by atoms with van der Waals surface area (Å²) in [4.78, 5) is 0. The number of nitrogen functional groups attached to an aromatic ring is 1. The maximum atomic E-state index is 12.9. The van der Waals surface area contributed by atoms with Crippen LogP contribution in [0.4, 0.5) is 10.1 Å². The van der Waals surface area contributed by atoms with Gasteiger partial charge in [-0.2, -0.15) is 0 Å². The van der Waals surface area contributed by atoms with E-state index in [1.54, 1.807) is 12.1 Å². The van der Waals surface area contributed by atoms with Gasteiger partial charge in [-0.3, -0.25) is 0 Å². The van der Waals surface area contributed by atoms with Gasteiger partial charge in [0.25, 0.3) is 0 Å². The fourth-order valence-corrected chi connectivity index (χ4v) is 0.995. The Balaban J connectivity index is 2.53. The molecule has 0 saturated carbocycles. The molecule has 0 saturated heterocycles. The summed E-state index contributed by atoms with van der Waals surface area (Å²) in [6, 6.07) is 4.74. The van der Waals surface area contributed by atoms with E-state index in [1.807, 2.05) is 6.92 Å². The van der Waals surface area contributed by atoms with Crippen molar-refractivity contribution in [3.63, 3.8) is 0 Å². The minimum absolute atomic E-state index is 0.180. The molecule has 0 unspecified atom stereocenters. The molecule has 0 aliphatic rings. The molecular formula is C10H14FNO. The molecule has 0 bridgehead atoms. The second kappa shape index (κ2) is 4.82. The highest BCUT2D eigenvalue weighted by Crippen LogP contribution is 2.12. The van der Waals surface area contributed by atoms with Gasteiger partial charge >= 0.3 is 0 Å². The maximum absolute atomic E-state index is 12.9. The second-order valence-corrected chi connectivity index (χ2v) is 2.91. The van der Waals surface area contributed by atoms with Crippen molar-refractivity contribution in [3.05, 3.63) is 29.6 Å². The third-order valence-corrected chi connectivity index (χ3v) is 1.68. The van der Waals surface area contributed by atoms with Gasteiger partial charge in [0, 0.05) is 6.61 Å². The van der Waals surface area contributed by atoms with Crippen LogP contribution in [0.15, 0.2) is 18.2 Å². The van der Waals surface area contributed by atoms with Gasteiger partial charge in [-0.25, -0.2) is 4.39 Å². The molecule has 0 aliphatic heterocycles. The highest BCUT2D eigenvalue weighted by atomic mass is 19.1. The van der Waals surface area contributed by atoms with Crippen molar-refractivity contribution in [2.75, 3.05) is 12.3 Å². The smallest absolute Gasteiger partial charge is 0.146 e. The van der Waals surface area contributed by atoms with Crippen molar-refractivity contribution >= 4 is 5.69 Å². The molecule has 0 spiro atoms. The van der Waals surface area contributed by atoms with Crippen LogP contribution in [0, 0.1) is 5.82 Å². The first-order valence-electron chi connectivity index (χ1n) is 4.35. The Labute approximate surface area is 77.5 Å². The van der Waals surface area contributed by atoms with Crippen molar-refractivity contribution < 1.29 is 9.13 Å². The van der Waals surface area contributed by atoms with E-state index < -0.39 is 0 Å². The van der Waals surface area contributed by atoms with E-state index in [0.29, 0.717) is 13.2 Å². The predicted octanol–water partition coefficient (Wildman–Crippen LogP) is 2.33. The lowest BCUT2D eigenvalue weighted by Gasteiger charge is -2.03. The molecule has 0 radical (unpaired) electrons. The predicted molar refractivity (Wildman–Crippen MR) is 50.8 cm³/mol. The summed E-state index contributed by atoms with van der Waals surface area (Å²) in [6.07, 6.45) is 0.970. The van der Waals surface area contributed by atoms with Crippen molar-refractivity contribution in [1.29, 1.82) is 0 Å². The Hall–Kier alpha value is -1.09. The van der Waals surface area contributed by atoms with Crippen LogP contribution in [0.25, 0.3) is 0 Å². The van der Waals surface area contributed by atoms with Crippen LogP contribution >= 0.6 is 0 Å². The molecule has 0 aliphatic carbocycles. The van der Waals surface area contributed by atoms with E-state index in [9.17, 15) is 4.39 Å². The van der Waals surface area contributed by atoms with E-state index in [4.69, 9.17) is 10.5 Å². The van der Waals surface area contributed by atoms with Crippen LogP contribution in [-0.4, -0.2) is 6.61 Å². The van der Waals surface area contributed by atoms with Crippen LogP contribution in [0.3, 0.4) is 0 Å². The van der Waals surface area contributed by atoms with Gasteiger partial charge in [0.15, 0.2) is 0 Å². The number of hydrogen-bond acceptors (Lipinski definition) is 2. The first-order valence-corrected chi connectivity index (χ1v) is 4.35. The highest BCUT2D eigenvalue weighted by Gasteiger charge is 1.99. The molecular weight excluding hydrogens is 169 g/mol. The van der Waals surface area contributed by atoms with Gasteiger partial charge in [0.05, 0.1) is 12.3 Å². The summed E-state index contributed by atoms with van der Waals surface area (Å²) in [5.74, 6) is -0.377. The number of benzene rings is 1. The third-order valence-electron chi connectivity index (χ3n) is 1.68. The monoisotopic (exact) mass is 183 g/mol. The summed E-state index contributed by atoms with van der Waals surface area (Å²) in [6.45, 7) is 3.18. The van der Waals surface area contributed by atoms with Gasteiger partial charge in [-0.15, -0.1) is 0 Å². The average molecular weight is 183 g/mol. The lowest BCUT2D eigenvalue weighted by Crippen LogP contribution is -1.96. The fourth-order valence-electron chi connectivity index (χ4n) is 0.995. The molecule has 0 heterocycles. The Morgan fingerprint density at radius 1 is 1.46 bits per heavy atom. The van der Waals surface area contributed by atoms with Gasteiger partial charge < -0.3 is 10.5 Å². The van der Waals surface area contributed by atoms with E-state index in [0.717, 1.165) is 12.0 Å². The Morgan fingerprint density at radius 3 is 2.85 bits per heavy atom. The lowest BCUT2D eigenvalue weighted by atomic mass is 10.2. The van der Waals surface area contributed by atoms with Gasteiger partial charge in [-0.05, 0) is 24.1 Å². The molecule has 2 nitrogen and oxygen atoms in total. The number of ether oxygens (including phenoxy) is 1. The lowest BCUT2D eigenvalue weighted by molar-refractivity contribution is 0.121. The Kier molecular flexibility index (Phi) is 3.71. The molecule has 1 aromatic carbocycles. The first kappa shape index (κ1) is 9.99. The van der Waals surface area contributed by atoms with Crippen molar-refractivity contribution in [1.82, 2.24) is 0 Å². The maximum Gasteiger partial charge on any atom is 0.146 e. The standard InChI is InChI=1S/C10H14FNO/c1-2-5-13-7-8-3-4-10(12)9(11)6-8/h3-4,6H,2,5,7,12H2,1H3. The van der Waals surface area contributed by atoms with Crippen molar-refractivity contribution in [2.24, 2.45) is 0 Å². The zero-order valence-electron chi connectivity index (χ0n) is 7.72. The van der Waals surface area contributed by atoms with Gasteiger partial charge in [0.2, 0.25) is 0 Å². The number of halogens is 1. The Bertz CT molecular complexity index is 276. The number of rotatable bonds is 4. The zero-order valence-corrected chi connectivity index (χ0v) is 7.72. The van der Waals surface area contributed by atoms with Gasteiger partial charge in [-0.1, -0.05) is 13.0 Å². The molecule has 1 rings (SSSR count). The van der Waals surface area contributed by atoms with E-state index in [2.05, 4.69) is 0 Å².